The van der Waals surface area contributed by atoms with Crippen LogP contribution in [0.3, 0.4) is 0 Å². The molecular formula is C59H37N3O. The third-order valence-corrected chi connectivity index (χ3v) is 11.8. The van der Waals surface area contributed by atoms with Gasteiger partial charge in [-0.2, -0.15) is 0 Å². The van der Waals surface area contributed by atoms with E-state index in [2.05, 4.69) is 97.1 Å². The van der Waals surface area contributed by atoms with Gasteiger partial charge in [0.25, 0.3) is 0 Å². The molecule has 2 aromatic heterocycles. The maximum Gasteiger partial charge on any atom is 0.164 e. The van der Waals surface area contributed by atoms with Crippen molar-refractivity contribution in [2.75, 3.05) is 0 Å². The van der Waals surface area contributed by atoms with E-state index in [0.29, 0.717) is 23.0 Å². The maximum absolute atomic E-state index is 8.66. The number of hydrogen-bond acceptors (Lipinski definition) is 4. The van der Waals surface area contributed by atoms with Gasteiger partial charge >= 0.3 is 0 Å². The van der Waals surface area contributed by atoms with Gasteiger partial charge in [0.2, 0.25) is 0 Å². The highest BCUT2D eigenvalue weighted by molar-refractivity contribution is 6.12. The second-order valence-corrected chi connectivity index (χ2v) is 15.6. The van der Waals surface area contributed by atoms with Crippen molar-refractivity contribution in [3.05, 3.63) is 224 Å². The standard InChI is InChI=1S/C59H37N3O/c1-3-14-38(15-4-1)41-30-28-39-29-31-46(37-47(39)34-41)59-61-57(44-20-11-18-42(35-44)49-33-32-48(40-16-5-2-6-17-40)51-22-7-8-23-52(49)51)60-58(62-59)45-21-12-19-43(36-45)50-25-13-27-55-56(50)53-24-9-10-26-54(53)63-55/h1-37H/i1D,3D,4D,14D,15D. The zero-order valence-electron chi connectivity index (χ0n) is 38.7. The third-order valence-electron chi connectivity index (χ3n) is 11.8. The third kappa shape index (κ3) is 6.62. The van der Waals surface area contributed by atoms with Gasteiger partial charge in [0.15, 0.2) is 17.5 Å². The summed E-state index contributed by atoms with van der Waals surface area (Å²) in [6.07, 6.45) is 0. The lowest BCUT2D eigenvalue weighted by Crippen LogP contribution is -2.00. The van der Waals surface area contributed by atoms with Gasteiger partial charge in [0.1, 0.15) is 11.2 Å². The molecule has 2 heterocycles. The van der Waals surface area contributed by atoms with Crippen LogP contribution in [0.2, 0.25) is 0 Å². The number of fused-ring (bicyclic) bond motifs is 5. The summed E-state index contributed by atoms with van der Waals surface area (Å²) < 4.78 is 48.3. The molecule has 63 heavy (non-hydrogen) atoms. The van der Waals surface area contributed by atoms with E-state index < -0.39 is 6.04 Å². The van der Waals surface area contributed by atoms with Gasteiger partial charge < -0.3 is 4.42 Å². The largest absolute Gasteiger partial charge is 0.456 e. The van der Waals surface area contributed by atoms with Crippen LogP contribution in [-0.2, 0) is 0 Å². The van der Waals surface area contributed by atoms with E-state index in [9.17, 15) is 0 Å². The minimum atomic E-state index is -0.425. The van der Waals surface area contributed by atoms with Crippen LogP contribution in [0.4, 0.5) is 0 Å². The van der Waals surface area contributed by atoms with Gasteiger partial charge in [0.05, 0.1) is 6.85 Å². The second kappa shape index (κ2) is 15.2. The molecule has 12 aromatic rings. The number of benzene rings is 10. The predicted molar refractivity (Wildman–Crippen MR) is 260 cm³/mol. The highest BCUT2D eigenvalue weighted by atomic mass is 16.3. The summed E-state index contributed by atoms with van der Waals surface area (Å²) in [6.45, 7) is 0. The van der Waals surface area contributed by atoms with E-state index in [1.165, 1.54) is 5.56 Å². The molecule has 0 saturated carbocycles. The van der Waals surface area contributed by atoms with E-state index >= 15 is 0 Å². The molecule has 4 heteroatoms. The number of para-hydroxylation sites is 1. The summed E-state index contributed by atoms with van der Waals surface area (Å²) >= 11 is 0. The Bertz CT molecular complexity index is 3970. The molecule has 0 N–H and O–H groups in total. The Morgan fingerprint density at radius 2 is 0.825 bits per heavy atom. The van der Waals surface area contributed by atoms with Crippen molar-refractivity contribution >= 4 is 43.5 Å². The monoisotopic (exact) mass is 808 g/mol. The van der Waals surface area contributed by atoms with Crippen LogP contribution >= 0.6 is 0 Å². The molecule has 0 aliphatic heterocycles. The molecule has 0 spiro atoms. The van der Waals surface area contributed by atoms with Gasteiger partial charge in [-0.05, 0) is 102 Å². The fourth-order valence-electron chi connectivity index (χ4n) is 8.79. The van der Waals surface area contributed by atoms with Crippen molar-refractivity contribution in [2.45, 2.75) is 0 Å². The number of hydrogen-bond donors (Lipinski definition) is 0. The first-order valence-corrected chi connectivity index (χ1v) is 20.8. The number of rotatable bonds is 7. The Hall–Kier alpha value is -8.47. The van der Waals surface area contributed by atoms with Crippen molar-refractivity contribution < 1.29 is 11.3 Å². The van der Waals surface area contributed by atoms with Crippen molar-refractivity contribution in [1.82, 2.24) is 15.0 Å². The van der Waals surface area contributed by atoms with Crippen molar-refractivity contribution in [3.63, 3.8) is 0 Å². The summed E-state index contributed by atoms with van der Waals surface area (Å²) in [7, 11) is 0. The summed E-state index contributed by atoms with van der Waals surface area (Å²) in [5, 5.41) is 6.09. The Morgan fingerprint density at radius 1 is 0.317 bits per heavy atom. The first-order valence-electron chi connectivity index (χ1n) is 23.3. The van der Waals surface area contributed by atoms with Gasteiger partial charge in [-0.1, -0.05) is 188 Å². The second-order valence-electron chi connectivity index (χ2n) is 15.6. The molecule has 0 fully saturated rings. The molecule has 294 valence electrons. The molecule has 0 amide bonds. The lowest BCUT2D eigenvalue weighted by Gasteiger charge is -2.14. The van der Waals surface area contributed by atoms with Crippen molar-refractivity contribution in [2.24, 2.45) is 0 Å². The molecule has 0 radical (unpaired) electrons. The molecule has 0 bridgehead atoms. The summed E-state index contributed by atoms with van der Waals surface area (Å²) in [5.41, 5.74) is 11.1. The molecule has 12 rings (SSSR count). The van der Waals surface area contributed by atoms with Gasteiger partial charge in [-0.15, -0.1) is 0 Å². The average molecular weight is 809 g/mol. The molecular weight excluding hydrogens is 767 g/mol. The lowest BCUT2D eigenvalue weighted by atomic mass is 9.91. The van der Waals surface area contributed by atoms with Crippen LogP contribution in [0.25, 0.3) is 122 Å². The van der Waals surface area contributed by atoms with Crippen LogP contribution in [0.15, 0.2) is 229 Å². The van der Waals surface area contributed by atoms with Crippen molar-refractivity contribution in [1.29, 1.82) is 0 Å². The fourth-order valence-corrected chi connectivity index (χ4v) is 8.79. The van der Waals surface area contributed by atoms with Gasteiger partial charge in [-0.25, -0.2) is 15.0 Å². The minimum Gasteiger partial charge on any atom is -0.456 e. The quantitative estimate of drug-likeness (QED) is 0.161. The van der Waals surface area contributed by atoms with E-state index in [1.54, 1.807) is 6.07 Å². The normalized spacial score (nSPS) is 12.6. The molecule has 0 aliphatic carbocycles. The Balaban J connectivity index is 1.02. The number of furan rings is 1. The first-order chi connectivity index (χ1) is 33.3. The zero-order valence-corrected chi connectivity index (χ0v) is 33.7. The topological polar surface area (TPSA) is 51.8 Å². The van der Waals surface area contributed by atoms with E-state index in [4.69, 9.17) is 26.2 Å². The zero-order chi connectivity index (χ0) is 46.0. The lowest BCUT2D eigenvalue weighted by molar-refractivity contribution is 0.669. The van der Waals surface area contributed by atoms with E-state index in [-0.39, 0.29) is 29.7 Å². The SMILES string of the molecule is [2H]c1c([2H])c([2H])c(-c2ccc3ccc(-c4nc(-c5cccc(-c6ccc(-c7ccccc7)c7ccccc67)c5)nc(-c5cccc(-c6cccc7oc8ccccc8c67)c5)n4)cc3c2)c([2H])c1[2H]. The molecule has 10 aromatic carbocycles. The van der Waals surface area contributed by atoms with Crippen LogP contribution in [0.5, 0.6) is 0 Å². The average Bonchev–Trinajstić information content (AvgIpc) is 3.78. The number of aromatic nitrogens is 3. The van der Waals surface area contributed by atoms with E-state index in [0.717, 1.165) is 88.0 Å². The van der Waals surface area contributed by atoms with Crippen molar-refractivity contribution in [3.8, 4) is 78.7 Å². The predicted octanol–water partition coefficient (Wildman–Crippen LogP) is 15.7. The number of nitrogens with zero attached hydrogens (tertiary/aromatic N) is 3. The molecule has 0 saturated heterocycles. The fraction of sp³-hybridized carbons (Fsp3) is 0. The first kappa shape index (κ1) is 31.4. The van der Waals surface area contributed by atoms with Crippen LogP contribution in [0, 0.1) is 0 Å². The highest BCUT2D eigenvalue weighted by Gasteiger charge is 2.18. The smallest absolute Gasteiger partial charge is 0.164 e. The highest BCUT2D eigenvalue weighted by Crippen LogP contribution is 2.40. The van der Waals surface area contributed by atoms with Crippen LogP contribution in [0.1, 0.15) is 6.85 Å². The van der Waals surface area contributed by atoms with Gasteiger partial charge in [-0.3, -0.25) is 0 Å². The Kier molecular flexibility index (Phi) is 7.59. The molecule has 0 aliphatic rings. The summed E-state index contributed by atoms with van der Waals surface area (Å²) in [5.74, 6) is 1.45. The summed E-state index contributed by atoms with van der Waals surface area (Å²) in [4.78, 5) is 15.6. The molecule has 4 nitrogen and oxygen atoms in total. The molecule has 0 unspecified atom stereocenters. The Morgan fingerprint density at radius 3 is 1.52 bits per heavy atom. The van der Waals surface area contributed by atoms with Crippen LogP contribution in [-0.4, -0.2) is 15.0 Å². The van der Waals surface area contributed by atoms with Crippen LogP contribution < -0.4 is 0 Å². The maximum atomic E-state index is 8.66. The minimum absolute atomic E-state index is 0.148. The Labute approximate surface area is 371 Å². The summed E-state index contributed by atoms with van der Waals surface area (Å²) in [6, 6.07) is 64.0. The van der Waals surface area contributed by atoms with E-state index in [1.807, 2.05) is 91.0 Å². The van der Waals surface area contributed by atoms with Gasteiger partial charge in [0, 0.05) is 27.5 Å². The molecule has 0 atom stereocenters.